The zero-order chi connectivity index (χ0) is 39.7. The number of hydrogen-bond acceptors (Lipinski definition) is 10. The quantitative estimate of drug-likeness (QED) is 0.0259. The number of nitrogens with one attached hydrogen (secondary N) is 7. The molecule has 52 heavy (non-hydrogen) atoms. The van der Waals surface area contributed by atoms with E-state index >= 15 is 0 Å². The minimum Gasteiger partial charge on any atom is -0.480 e. The van der Waals surface area contributed by atoms with Gasteiger partial charge in [-0.25, -0.2) is 0 Å². The number of nitrogens with zero attached hydrogens (tertiary/aromatic N) is 1. The van der Waals surface area contributed by atoms with Gasteiger partial charge in [-0.3, -0.25) is 39.0 Å². The maximum atomic E-state index is 14.1. The molecule has 0 aromatic rings. The maximum absolute atomic E-state index is 14.1. The Morgan fingerprint density at radius 2 is 1.40 bits per heavy atom. The minimum absolute atomic E-state index is 0.0659. The van der Waals surface area contributed by atoms with Crippen molar-refractivity contribution in [2.45, 2.75) is 116 Å². The number of amides is 6. The van der Waals surface area contributed by atoms with Crippen molar-refractivity contribution < 1.29 is 38.7 Å². The molecule has 18 nitrogen and oxygen atoms in total. The topological polar surface area (TPSA) is 291 Å². The summed E-state index contributed by atoms with van der Waals surface area (Å²) in [5.41, 5.74) is 11.4. The maximum Gasteiger partial charge on any atom is 0.322 e. The molecule has 1 aliphatic rings. The first kappa shape index (κ1) is 45.9. The van der Waals surface area contributed by atoms with Gasteiger partial charge in [0.05, 0.1) is 6.04 Å². The SMILES string of the molecule is CC(C)CC(N)C(=O)NC(CS)C(=O)NC(CC(C)C)C(=O)NC(CCCNC(=N)N)C(=O)N1CCC[C@H]1C(=O)NC(C(=O)NCC(=O)O)C(C)C. The van der Waals surface area contributed by atoms with Gasteiger partial charge in [-0.1, -0.05) is 41.5 Å². The second-order valence-electron chi connectivity index (χ2n) is 14.2. The number of guanidine groups is 1. The van der Waals surface area contributed by atoms with E-state index in [0.29, 0.717) is 19.3 Å². The first-order chi connectivity index (χ1) is 24.3. The third kappa shape index (κ3) is 16.0. The summed E-state index contributed by atoms with van der Waals surface area (Å²) < 4.78 is 0. The van der Waals surface area contributed by atoms with Crippen LogP contribution in [0.1, 0.15) is 80.1 Å². The Bertz CT molecular complexity index is 1270. The van der Waals surface area contributed by atoms with Crippen molar-refractivity contribution in [3.63, 3.8) is 0 Å². The van der Waals surface area contributed by atoms with Crippen molar-refractivity contribution in [3.8, 4) is 0 Å². The molecule has 0 aliphatic carbocycles. The van der Waals surface area contributed by atoms with Crippen LogP contribution in [-0.2, 0) is 33.6 Å². The second kappa shape index (κ2) is 22.7. The molecule has 0 aromatic heterocycles. The summed E-state index contributed by atoms with van der Waals surface area (Å²) in [5.74, 6) is -5.57. The molecular formula is C33H60N10O8S. The molecule has 1 rings (SSSR count). The van der Waals surface area contributed by atoms with E-state index in [9.17, 15) is 33.6 Å². The molecular weight excluding hydrogens is 696 g/mol. The van der Waals surface area contributed by atoms with E-state index in [4.69, 9.17) is 22.0 Å². The Hall–Kier alpha value is -4.13. The fourth-order valence-electron chi connectivity index (χ4n) is 5.68. The number of likely N-dealkylation sites (tertiary alicyclic amines) is 1. The molecule has 1 heterocycles. The summed E-state index contributed by atoms with van der Waals surface area (Å²) in [7, 11) is 0. The van der Waals surface area contributed by atoms with Crippen LogP contribution in [0.5, 0.6) is 0 Å². The molecule has 0 spiro atoms. The summed E-state index contributed by atoms with van der Waals surface area (Å²) in [6, 6.07) is -6.20. The number of carboxylic acid groups (broad SMARTS) is 1. The van der Waals surface area contributed by atoms with Crippen LogP contribution in [0.15, 0.2) is 0 Å². The van der Waals surface area contributed by atoms with Crippen molar-refractivity contribution in [2.24, 2.45) is 29.2 Å². The highest BCUT2D eigenvalue weighted by atomic mass is 32.1. The van der Waals surface area contributed by atoms with Crippen LogP contribution in [0.25, 0.3) is 0 Å². The average molecular weight is 757 g/mol. The number of hydrogen-bond donors (Lipinski definition) is 11. The van der Waals surface area contributed by atoms with Gasteiger partial charge >= 0.3 is 5.97 Å². The van der Waals surface area contributed by atoms with Crippen LogP contribution in [0.4, 0.5) is 0 Å². The molecule has 1 saturated heterocycles. The number of thiol groups is 1. The van der Waals surface area contributed by atoms with E-state index in [1.54, 1.807) is 13.8 Å². The molecule has 0 radical (unpaired) electrons. The van der Waals surface area contributed by atoms with E-state index in [1.165, 1.54) is 4.90 Å². The molecule has 296 valence electrons. The number of rotatable bonds is 22. The van der Waals surface area contributed by atoms with Gasteiger partial charge in [-0.05, 0) is 56.3 Å². The summed E-state index contributed by atoms with van der Waals surface area (Å²) in [5, 5.41) is 32.0. The monoisotopic (exact) mass is 756 g/mol. The molecule has 6 amide bonds. The van der Waals surface area contributed by atoms with Gasteiger partial charge in [0.1, 0.15) is 36.8 Å². The van der Waals surface area contributed by atoms with Crippen molar-refractivity contribution in [1.29, 1.82) is 5.41 Å². The summed E-state index contributed by atoms with van der Waals surface area (Å²) in [6.07, 6.45) is 1.74. The Morgan fingerprint density at radius 1 is 0.827 bits per heavy atom. The van der Waals surface area contributed by atoms with Gasteiger partial charge < -0.3 is 53.4 Å². The predicted octanol–water partition coefficient (Wildman–Crippen LogP) is -1.61. The number of carboxylic acids is 1. The molecule has 0 bridgehead atoms. The van der Waals surface area contributed by atoms with Crippen LogP contribution < -0.4 is 43.4 Å². The molecule has 1 aliphatic heterocycles. The van der Waals surface area contributed by atoms with Crippen molar-refractivity contribution >= 4 is 60.0 Å². The van der Waals surface area contributed by atoms with Crippen LogP contribution in [0.2, 0.25) is 0 Å². The van der Waals surface area contributed by atoms with Crippen molar-refractivity contribution in [2.75, 3.05) is 25.4 Å². The van der Waals surface area contributed by atoms with Gasteiger partial charge in [0.2, 0.25) is 35.4 Å². The smallest absolute Gasteiger partial charge is 0.322 e. The summed E-state index contributed by atoms with van der Waals surface area (Å²) in [6.45, 7) is 10.7. The standard InChI is InChI=1S/C33H60N10O8S/c1-17(2)13-20(34)27(46)41-23(16-52)29(48)40-22(14-18(3)4)28(47)39-21(9-7-11-37-33(35)36)32(51)43-12-8-10-24(43)30(49)42-26(19(5)6)31(50)38-15-25(44)45/h17-24,26,52H,7-16,34H2,1-6H3,(H,38,50)(H,39,47)(H,40,48)(H,41,46)(H,42,49)(H,44,45)(H4,35,36,37)/t20?,21?,22?,23?,24-,26?/m0/s1. The molecule has 5 unspecified atom stereocenters. The molecule has 1 fully saturated rings. The average Bonchev–Trinajstić information content (AvgIpc) is 3.54. The van der Waals surface area contributed by atoms with Gasteiger partial charge in [0.15, 0.2) is 5.96 Å². The Kier molecular flexibility index (Phi) is 20.1. The molecule has 6 atom stereocenters. The first-order valence-electron chi connectivity index (χ1n) is 17.7. The van der Waals surface area contributed by atoms with Gasteiger partial charge in [0.25, 0.3) is 0 Å². The van der Waals surface area contributed by atoms with Crippen molar-refractivity contribution in [3.05, 3.63) is 0 Å². The fraction of sp³-hybridized carbons (Fsp3) is 0.758. The van der Waals surface area contributed by atoms with Crippen molar-refractivity contribution in [1.82, 2.24) is 36.8 Å². The van der Waals surface area contributed by atoms with E-state index in [1.807, 2.05) is 27.7 Å². The normalized spacial score (nSPS) is 17.1. The van der Waals surface area contributed by atoms with Crippen LogP contribution >= 0.6 is 12.6 Å². The summed E-state index contributed by atoms with van der Waals surface area (Å²) in [4.78, 5) is 92.3. The number of aliphatic carboxylic acids is 1. The zero-order valence-electron chi connectivity index (χ0n) is 31.1. The molecule has 12 N–H and O–H groups in total. The lowest BCUT2D eigenvalue weighted by Gasteiger charge is -2.31. The van der Waals surface area contributed by atoms with Crippen LogP contribution in [0, 0.1) is 23.2 Å². The molecule has 0 aromatic carbocycles. The van der Waals surface area contributed by atoms with Crippen LogP contribution in [-0.4, -0.2) is 119 Å². The van der Waals surface area contributed by atoms with Gasteiger partial charge in [-0.15, -0.1) is 0 Å². The van der Waals surface area contributed by atoms with Gasteiger partial charge in [0, 0.05) is 18.8 Å². The largest absolute Gasteiger partial charge is 0.480 e. The zero-order valence-corrected chi connectivity index (χ0v) is 32.0. The lowest BCUT2D eigenvalue weighted by molar-refractivity contribution is -0.143. The third-order valence-electron chi connectivity index (χ3n) is 8.32. The highest BCUT2D eigenvalue weighted by molar-refractivity contribution is 7.80. The highest BCUT2D eigenvalue weighted by Crippen LogP contribution is 2.21. The van der Waals surface area contributed by atoms with E-state index in [-0.39, 0.29) is 55.9 Å². The third-order valence-corrected chi connectivity index (χ3v) is 8.68. The Balaban J connectivity index is 3.24. The number of carbonyl (C=O) groups is 7. The fourth-order valence-corrected chi connectivity index (χ4v) is 5.94. The first-order valence-corrected chi connectivity index (χ1v) is 18.4. The van der Waals surface area contributed by atoms with E-state index in [2.05, 4.69) is 44.5 Å². The van der Waals surface area contributed by atoms with E-state index < -0.39 is 90.1 Å². The number of carbonyl (C=O) groups excluding carboxylic acids is 6. The lowest BCUT2D eigenvalue weighted by atomic mass is 10.0. The number of nitrogens with two attached hydrogens (primary N) is 2. The van der Waals surface area contributed by atoms with Gasteiger partial charge in [-0.2, -0.15) is 12.6 Å². The Morgan fingerprint density at radius 3 is 1.94 bits per heavy atom. The highest BCUT2D eigenvalue weighted by Gasteiger charge is 2.40. The lowest BCUT2D eigenvalue weighted by Crippen LogP contribution is -2.60. The molecule has 0 saturated carbocycles. The summed E-state index contributed by atoms with van der Waals surface area (Å²) >= 11 is 4.22. The minimum atomic E-state index is -1.24. The molecule has 19 heteroatoms. The predicted molar refractivity (Wildman–Crippen MR) is 198 cm³/mol. The van der Waals surface area contributed by atoms with E-state index in [0.717, 1.165) is 0 Å². The second-order valence-corrected chi connectivity index (χ2v) is 14.6. The Labute approximate surface area is 311 Å². The van der Waals surface area contributed by atoms with Crippen LogP contribution in [0.3, 0.4) is 0 Å².